The molecule has 0 aromatic rings. The average molecular weight is 197 g/mol. The lowest BCUT2D eigenvalue weighted by atomic mass is 10.1. The molecule has 1 rings (SSSR count). The van der Waals surface area contributed by atoms with Gasteiger partial charge in [-0.3, -0.25) is 4.99 Å². The first-order valence-corrected chi connectivity index (χ1v) is 5.64. The molecule has 0 spiro atoms. The van der Waals surface area contributed by atoms with E-state index in [1.165, 1.54) is 25.7 Å². The van der Waals surface area contributed by atoms with Crippen LogP contribution in [0.2, 0.25) is 0 Å². The summed E-state index contributed by atoms with van der Waals surface area (Å²) in [6, 6.07) is 0.640. The van der Waals surface area contributed by atoms with Crippen molar-refractivity contribution in [3.8, 4) is 0 Å². The molecule has 3 nitrogen and oxygen atoms in total. The summed E-state index contributed by atoms with van der Waals surface area (Å²) in [7, 11) is 1.78. The smallest absolute Gasteiger partial charge is 0.191 e. The van der Waals surface area contributed by atoms with Gasteiger partial charge in [0.15, 0.2) is 5.96 Å². The Morgan fingerprint density at radius 1 is 1.43 bits per heavy atom. The van der Waals surface area contributed by atoms with Crippen LogP contribution in [0, 0.1) is 5.92 Å². The van der Waals surface area contributed by atoms with Gasteiger partial charge in [0.05, 0.1) is 0 Å². The fraction of sp³-hybridized carbons (Fsp3) is 0.909. The molecular formula is C11H23N3. The summed E-state index contributed by atoms with van der Waals surface area (Å²) in [5.41, 5.74) is 5.92. The normalized spacial score (nSPS) is 19.3. The average Bonchev–Trinajstić information content (AvgIpc) is 2.65. The monoisotopic (exact) mass is 197 g/mol. The zero-order valence-electron chi connectivity index (χ0n) is 9.66. The van der Waals surface area contributed by atoms with Crippen molar-refractivity contribution in [2.75, 3.05) is 13.6 Å². The van der Waals surface area contributed by atoms with Gasteiger partial charge in [0.25, 0.3) is 0 Å². The lowest BCUT2D eigenvalue weighted by molar-refractivity contribution is 0.280. The maximum Gasteiger partial charge on any atom is 0.191 e. The Morgan fingerprint density at radius 2 is 2.00 bits per heavy atom. The maximum atomic E-state index is 5.92. The van der Waals surface area contributed by atoms with Gasteiger partial charge < -0.3 is 10.6 Å². The molecule has 3 heteroatoms. The zero-order chi connectivity index (χ0) is 10.6. The van der Waals surface area contributed by atoms with Crippen LogP contribution >= 0.6 is 0 Å². The third-order valence-corrected chi connectivity index (χ3v) is 2.85. The minimum atomic E-state index is 0.640. The molecule has 1 saturated carbocycles. The standard InChI is InChI=1S/C11H23N3/c1-9(2)8-14(11(12)13-3)10-6-4-5-7-10/h9-10H,4-8H2,1-3H3,(H2,12,13). The van der Waals surface area contributed by atoms with Crippen LogP contribution in [0.3, 0.4) is 0 Å². The molecule has 1 fully saturated rings. The molecule has 0 saturated heterocycles. The largest absolute Gasteiger partial charge is 0.370 e. The summed E-state index contributed by atoms with van der Waals surface area (Å²) in [5.74, 6) is 1.36. The predicted octanol–water partition coefficient (Wildman–Crippen LogP) is 1.83. The van der Waals surface area contributed by atoms with Crippen LogP contribution < -0.4 is 5.73 Å². The van der Waals surface area contributed by atoms with Gasteiger partial charge in [-0.05, 0) is 18.8 Å². The molecule has 0 bridgehead atoms. The van der Waals surface area contributed by atoms with Gasteiger partial charge in [-0.25, -0.2) is 0 Å². The number of rotatable bonds is 3. The Morgan fingerprint density at radius 3 is 2.43 bits per heavy atom. The molecule has 0 heterocycles. The van der Waals surface area contributed by atoms with E-state index in [9.17, 15) is 0 Å². The summed E-state index contributed by atoms with van der Waals surface area (Å²) in [6.45, 7) is 5.49. The Kier molecular flexibility index (Phi) is 4.23. The van der Waals surface area contributed by atoms with Crippen molar-refractivity contribution in [3.05, 3.63) is 0 Å². The van der Waals surface area contributed by atoms with E-state index >= 15 is 0 Å². The Bertz CT molecular complexity index is 193. The van der Waals surface area contributed by atoms with E-state index in [2.05, 4.69) is 23.7 Å². The van der Waals surface area contributed by atoms with E-state index in [0.29, 0.717) is 17.9 Å². The lowest BCUT2D eigenvalue weighted by Crippen LogP contribution is -2.45. The van der Waals surface area contributed by atoms with E-state index in [4.69, 9.17) is 5.73 Å². The maximum absolute atomic E-state index is 5.92. The molecule has 1 aliphatic rings. The molecule has 14 heavy (non-hydrogen) atoms. The number of hydrogen-bond acceptors (Lipinski definition) is 1. The molecule has 0 atom stereocenters. The van der Waals surface area contributed by atoms with Crippen LogP contribution in [0.25, 0.3) is 0 Å². The van der Waals surface area contributed by atoms with E-state index in [1.807, 2.05) is 0 Å². The van der Waals surface area contributed by atoms with Crippen LogP contribution in [-0.4, -0.2) is 30.5 Å². The second kappa shape index (κ2) is 5.23. The molecule has 0 aromatic carbocycles. The lowest BCUT2D eigenvalue weighted by Gasteiger charge is -2.31. The highest BCUT2D eigenvalue weighted by Crippen LogP contribution is 2.23. The van der Waals surface area contributed by atoms with Crippen molar-refractivity contribution in [1.82, 2.24) is 4.90 Å². The van der Waals surface area contributed by atoms with Gasteiger partial charge in [0.2, 0.25) is 0 Å². The van der Waals surface area contributed by atoms with E-state index in [-0.39, 0.29) is 0 Å². The highest BCUT2D eigenvalue weighted by atomic mass is 15.3. The van der Waals surface area contributed by atoms with Gasteiger partial charge in [0, 0.05) is 19.6 Å². The second-order valence-corrected chi connectivity index (χ2v) is 4.57. The molecule has 82 valence electrons. The van der Waals surface area contributed by atoms with Gasteiger partial charge in [-0.15, -0.1) is 0 Å². The number of nitrogens with two attached hydrogens (primary N) is 1. The van der Waals surface area contributed by atoms with Gasteiger partial charge >= 0.3 is 0 Å². The third kappa shape index (κ3) is 2.89. The van der Waals surface area contributed by atoms with E-state index < -0.39 is 0 Å². The molecular weight excluding hydrogens is 174 g/mol. The van der Waals surface area contributed by atoms with E-state index in [1.54, 1.807) is 7.05 Å². The first kappa shape index (κ1) is 11.3. The number of aliphatic imine (C=N–C) groups is 1. The highest BCUT2D eigenvalue weighted by Gasteiger charge is 2.24. The number of nitrogens with zero attached hydrogens (tertiary/aromatic N) is 2. The first-order chi connectivity index (χ1) is 6.65. The van der Waals surface area contributed by atoms with Crippen LogP contribution in [0.15, 0.2) is 4.99 Å². The molecule has 0 amide bonds. The summed E-state index contributed by atoms with van der Waals surface area (Å²) >= 11 is 0. The molecule has 2 N–H and O–H groups in total. The van der Waals surface area contributed by atoms with Gasteiger partial charge in [0.1, 0.15) is 0 Å². The summed E-state index contributed by atoms with van der Waals surface area (Å²) < 4.78 is 0. The second-order valence-electron chi connectivity index (χ2n) is 4.57. The van der Waals surface area contributed by atoms with Crippen molar-refractivity contribution < 1.29 is 0 Å². The Balaban J connectivity index is 2.60. The quantitative estimate of drug-likeness (QED) is 0.554. The summed E-state index contributed by atoms with van der Waals surface area (Å²) in [4.78, 5) is 6.40. The summed E-state index contributed by atoms with van der Waals surface area (Å²) in [5, 5.41) is 0. The SMILES string of the molecule is CN=C(N)N(CC(C)C)C1CCCC1. The molecule has 0 aliphatic heterocycles. The number of guanidine groups is 1. The zero-order valence-corrected chi connectivity index (χ0v) is 9.66. The fourth-order valence-electron chi connectivity index (χ4n) is 2.17. The predicted molar refractivity (Wildman–Crippen MR) is 61.3 cm³/mol. The minimum absolute atomic E-state index is 0.640. The Hall–Kier alpha value is -0.730. The number of hydrogen-bond donors (Lipinski definition) is 1. The molecule has 0 radical (unpaired) electrons. The van der Waals surface area contributed by atoms with E-state index in [0.717, 1.165) is 6.54 Å². The Labute approximate surface area is 87.4 Å². The van der Waals surface area contributed by atoms with Crippen LogP contribution in [0.1, 0.15) is 39.5 Å². The van der Waals surface area contributed by atoms with Crippen LogP contribution in [0.4, 0.5) is 0 Å². The van der Waals surface area contributed by atoms with Crippen molar-refractivity contribution in [3.63, 3.8) is 0 Å². The van der Waals surface area contributed by atoms with Gasteiger partial charge in [-0.2, -0.15) is 0 Å². The molecule has 1 aliphatic carbocycles. The van der Waals surface area contributed by atoms with Crippen molar-refractivity contribution >= 4 is 5.96 Å². The third-order valence-electron chi connectivity index (χ3n) is 2.85. The highest BCUT2D eigenvalue weighted by molar-refractivity contribution is 5.78. The van der Waals surface area contributed by atoms with Crippen LogP contribution in [0.5, 0.6) is 0 Å². The first-order valence-electron chi connectivity index (χ1n) is 5.64. The minimum Gasteiger partial charge on any atom is -0.370 e. The topological polar surface area (TPSA) is 41.6 Å². The summed E-state index contributed by atoms with van der Waals surface area (Å²) in [6.07, 6.45) is 5.25. The molecule has 0 aromatic heterocycles. The fourth-order valence-corrected chi connectivity index (χ4v) is 2.17. The van der Waals surface area contributed by atoms with Crippen molar-refractivity contribution in [2.24, 2.45) is 16.6 Å². The molecule has 0 unspecified atom stereocenters. The van der Waals surface area contributed by atoms with Gasteiger partial charge in [-0.1, -0.05) is 26.7 Å². The van der Waals surface area contributed by atoms with Crippen LogP contribution in [-0.2, 0) is 0 Å². The van der Waals surface area contributed by atoms with Crippen molar-refractivity contribution in [2.45, 2.75) is 45.6 Å². The van der Waals surface area contributed by atoms with Crippen molar-refractivity contribution in [1.29, 1.82) is 0 Å².